The van der Waals surface area contributed by atoms with Crippen molar-refractivity contribution in [2.45, 2.75) is 57.0 Å². The van der Waals surface area contributed by atoms with Gasteiger partial charge in [-0.3, -0.25) is 9.74 Å². The molecule has 2 heterocycles. The zero-order chi connectivity index (χ0) is 25.1. The zero-order valence-electron chi connectivity index (χ0n) is 20.5. The van der Waals surface area contributed by atoms with Gasteiger partial charge in [0.1, 0.15) is 10.8 Å². The molecule has 0 unspecified atom stereocenters. The van der Waals surface area contributed by atoms with Gasteiger partial charge in [-0.2, -0.15) is 5.48 Å². The average molecular weight is 515 g/mol. The third-order valence-electron chi connectivity index (χ3n) is 5.90. The monoisotopic (exact) mass is 514 g/mol. The van der Waals surface area contributed by atoms with E-state index in [2.05, 4.69) is 15.7 Å². The molecule has 1 fully saturated rings. The number of nitrogens with one attached hydrogen (secondary N) is 1. The van der Waals surface area contributed by atoms with Crippen LogP contribution in [0.5, 0.6) is 0 Å². The number of nitrogens with zero attached hydrogens (tertiary/aromatic N) is 3. The van der Waals surface area contributed by atoms with E-state index in [-0.39, 0.29) is 6.04 Å². The molecule has 1 amide bonds. The Morgan fingerprint density at radius 3 is 2.60 bits per heavy atom. The number of benzene rings is 2. The van der Waals surface area contributed by atoms with Crippen LogP contribution in [0, 0.1) is 0 Å². The second kappa shape index (κ2) is 10.5. The molecule has 35 heavy (non-hydrogen) atoms. The highest BCUT2D eigenvalue weighted by Gasteiger charge is 2.47. The Kier molecular flexibility index (Phi) is 7.61. The van der Waals surface area contributed by atoms with Gasteiger partial charge in [-0.15, -0.1) is 10.2 Å². The lowest BCUT2D eigenvalue weighted by Crippen LogP contribution is -2.60. The lowest BCUT2D eigenvalue weighted by Gasteiger charge is -2.45. The summed E-state index contributed by atoms with van der Waals surface area (Å²) in [4.78, 5) is 20.8. The molecule has 10 heteroatoms. The first-order valence-corrected chi connectivity index (χ1v) is 13.0. The van der Waals surface area contributed by atoms with Gasteiger partial charge in [-0.25, -0.2) is 4.79 Å². The van der Waals surface area contributed by atoms with Gasteiger partial charge >= 0.3 is 6.09 Å². The standard InChI is InChI=1S/C25H31ClN4O4Si/c1-24(2,3)34-23(31)30-15-20(29-32-16-17-7-5-4-6-8-17)13-14-25(30,35)22-28-27-21(33-22)18-9-11-19(26)12-10-18/h4-12,20,29H,13-16H2,1-3,35H3/t20-,25-/m1/s1. The van der Waals surface area contributed by atoms with Crippen LogP contribution in [0.3, 0.4) is 0 Å². The average Bonchev–Trinajstić information content (AvgIpc) is 3.31. The van der Waals surface area contributed by atoms with E-state index in [1.54, 1.807) is 17.0 Å². The molecule has 1 aromatic heterocycles. The van der Waals surface area contributed by atoms with Crippen LogP contribution in [0.2, 0.25) is 5.02 Å². The molecule has 3 aromatic rings. The molecular weight excluding hydrogens is 484 g/mol. The zero-order valence-corrected chi connectivity index (χ0v) is 23.2. The largest absolute Gasteiger partial charge is 0.444 e. The van der Waals surface area contributed by atoms with Crippen LogP contribution >= 0.6 is 11.6 Å². The minimum absolute atomic E-state index is 0.0630. The number of aromatic nitrogens is 2. The van der Waals surface area contributed by atoms with Crippen LogP contribution in [0.4, 0.5) is 4.79 Å². The number of rotatable bonds is 6. The highest BCUT2D eigenvalue weighted by Crippen LogP contribution is 2.36. The van der Waals surface area contributed by atoms with Crippen LogP contribution in [0.1, 0.15) is 45.1 Å². The first kappa shape index (κ1) is 25.4. The first-order chi connectivity index (χ1) is 16.6. The number of hydrogen-bond donors (Lipinski definition) is 1. The molecular formula is C25H31ClN4O4Si. The van der Waals surface area contributed by atoms with Crippen LogP contribution in [0.25, 0.3) is 11.5 Å². The normalized spacial score (nSPS) is 20.7. The quantitative estimate of drug-likeness (QED) is 0.392. The van der Waals surface area contributed by atoms with Gasteiger partial charge in [0.05, 0.1) is 12.6 Å². The number of amides is 1. The summed E-state index contributed by atoms with van der Waals surface area (Å²) >= 11 is 6.00. The second-order valence-electron chi connectivity index (χ2n) is 9.91. The number of likely N-dealkylation sites (tertiary alicyclic amines) is 1. The summed E-state index contributed by atoms with van der Waals surface area (Å²) in [5.41, 5.74) is 4.34. The fraction of sp³-hybridized carbons (Fsp3) is 0.400. The highest BCUT2D eigenvalue weighted by atomic mass is 35.5. The number of hydrogen-bond acceptors (Lipinski definition) is 7. The number of ether oxygens (including phenoxy) is 1. The molecule has 2 atom stereocenters. The van der Waals surface area contributed by atoms with Crippen molar-refractivity contribution in [1.29, 1.82) is 0 Å². The van der Waals surface area contributed by atoms with Gasteiger partial charge in [0.25, 0.3) is 0 Å². The topological polar surface area (TPSA) is 89.7 Å². The molecule has 4 rings (SSSR count). The highest BCUT2D eigenvalue weighted by molar-refractivity contribution is 6.30. The Balaban J connectivity index is 1.52. The van der Waals surface area contributed by atoms with E-state index in [9.17, 15) is 4.79 Å². The summed E-state index contributed by atoms with van der Waals surface area (Å²) in [6.07, 6.45) is 1.01. The van der Waals surface area contributed by atoms with Gasteiger partial charge < -0.3 is 9.15 Å². The van der Waals surface area contributed by atoms with Gasteiger partial charge in [0.2, 0.25) is 11.8 Å². The van der Waals surface area contributed by atoms with Gasteiger partial charge in [0, 0.05) is 27.4 Å². The van der Waals surface area contributed by atoms with E-state index in [0.29, 0.717) is 46.6 Å². The SMILES string of the molecule is CC(C)(C)OC(=O)N1C[C@H](NOCc2ccccc2)CC[C@@]1([SiH3])c1nnc(-c2ccc(Cl)cc2)o1. The summed E-state index contributed by atoms with van der Waals surface area (Å²) in [6.45, 7) is 6.39. The Bertz CT molecular complexity index is 1140. The van der Waals surface area contributed by atoms with Crippen molar-refractivity contribution in [3.63, 3.8) is 0 Å². The Morgan fingerprint density at radius 2 is 1.91 bits per heavy atom. The third kappa shape index (κ3) is 6.29. The number of carbonyl (C=O) groups is 1. The van der Waals surface area contributed by atoms with Crippen molar-refractivity contribution >= 4 is 27.9 Å². The number of hydroxylamine groups is 1. The van der Waals surface area contributed by atoms with E-state index < -0.39 is 16.9 Å². The molecule has 1 saturated heterocycles. The minimum Gasteiger partial charge on any atom is -0.444 e. The molecule has 0 bridgehead atoms. The van der Waals surface area contributed by atoms with Gasteiger partial charge in [0.15, 0.2) is 0 Å². The molecule has 0 saturated carbocycles. The maximum Gasteiger partial charge on any atom is 0.410 e. The van der Waals surface area contributed by atoms with Crippen LogP contribution in [-0.4, -0.2) is 49.6 Å². The van der Waals surface area contributed by atoms with E-state index in [1.165, 1.54) is 0 Å². The van der Waals surface area contributed by atoms with Gasteiger partial charge in [-0.05, 0) is 63.4 Å². The molecule has 186 valence electrons. The van der Waals surface area contributed by atoms with Gasteiger partial charge in [-0.1, -0.05) is 41.9 Å². The second-order valence-corrected chi connectivity index (χ2v) is 12.0. The molecule has 0 spiro atoms. The van der Waals surface area contributed by atoms with Crippen molar-refractivity contribution in [1.82, 2.24) is 20.6 Å². The lowest BCUT2D eigenvalue weighted by molar-refractivity contribution is -0.0438. The Morgan fingerprint density at radius 1 is 1.20 bits per heavy atom. The van der Waals surface area contributed by atoms with E-state index in [4.69, 9.17) is 25.6 Å². The molecule has 1 aliphatic heterocycles. The number of halogens is 1. The molecule has 0 radical (unpaired) electrons. The lowest BCUT2D eigenvalue weighted by atomic mass is 9.98. The summed E-state index contributed by atoms with van der Waals surface area (Å²) in [7, 11) is 0.580. The first-order valence-electron chi connectivity index (χ1n) is 11.7. The van der Waals surface area contributed by atoms with Crippen molar-refractivity contribution in [3.8, 4) is 11.5 Å². The van der Waals surface area contributed by atoms with E-state index in [1.807, 2.05) is 63.2 Å². The molecule has 0 aliphatic carbocycles. The molecule has 2 aromatic carbocycles. The Labute approximate surface area is 213 Å². The molecule has 8 nitrogen and oxygen atoms in total. The predicted molar refractivity (Wildman–Crippen MR) is 137 cm³/mol. The molecule has 1 N–H and O–H groups in total. The van der Waals surface area contributed by atoms with Crippen molar-refractivity contribution in [2.24, 2.45) is 0 Å². The summed E-state index contributed by atoms with van der Waals surface area (Å²) in [5, 5.41) is 8.53. The fourth-order valence-electron chi connectivity index (χ4n) is 3.98. The predicted octanol–water partition coefficient (Wildman–Crippen LogP) is 4.03. The fourth-order valence-corrected chi connectivity index (χ4v) is 4.96. The third-order valence-corrected chi connectivity index (χ3v) is 7.62. The molecule has 1 aliphatic rings. The maximum atomic E-state index is 13.3. The van der Waals surface area contributed by atoms with Crippen LogP contribution in [0.15, 0.2) is 59.0 Å². The number of piperidine rings is 1. The summed E-state index contributed by atoms with van der Waals surface area (Å²) < 4.78 is 11.9. The van der Waals surface area contributed by atoms with Crippen LogP contribution in [-0.2, 0) is 21.3 Å². The smallest absolute Gasteiger partial charge is 0.410 e. The van der Waals surface area contributed by atoms with E-state index in [0.717, 1.165) is 17.5 Å². The maximum absolute atomic E-state index is 13.3. The summed E-state index contributed by atoms with van der Waals surface area (Å²) in [5.74, 6) is 0.811. The van der Waals surface area contributed by atoms with Crippen molar-refractivity contribution in [2.75, 3.05) is 6.54 Å². The number of carbonyl (C=O) groups excluding carboxylic acids is 1. The van der Waals surface area contributed by atoms with E-state index >= 15 is 0 Å². The van der Waals surface area contributed by atoms with Crippen molar-refractivity contribution < 1.29 is 18.8 Å². The van der Waals surface area contributed by atoms with Crippen molar-refractivity contribution in [3.05, 3.63) is 71.1 Å². The summed E-state index contributed by atoms with van der Waals surface area (Å²) in [6, 6.07) is 17.1. The Hall–Kier alpha value is -2.72. The minimum atomic E-state index is -0.697. The van der Waals surface area contributed by atoms with Crippen LogP contribution < -0.4 is 5.48 Å².